The van der Waals surface area contributed by atoms with Gasteiger partial charge < -0.3 is 10.0 Å². The number of hydrogen-bond acceptors (Lipinski definition) is 2. The number of carbonyl (C=O) groups is 1. The number of carboxylic acids is 1. The third kappa shape index (κ3) is 8.05. The zero-order valence-corrected chi connectivity index (χ0v) is 9.62. The first-order valence-corrected chi connectivity index (χ1v) is 5.42. The molecular formula is C11H23NO2. The van der Waals surface area contributed by atoms with Crippen LogP contribution in [0.3, 0.4) is 0 Å². The van der Waals surface area contributed by atoms with Crippen LogP contribution in [0, 0.1) is 5.92 Å². The molecule has 0 spiro atoms. The molecule has 0 rings (SSSR count). The van der Waals surface area contributed by atoms with Gasteiger partial charge in [0.05, 0.1) is 0 Å². The molecule has 0 aliphatic heterocycles. The summed E-state index contributed by atoms with van der Waals surface area (Å²) in [5, 5.41) is 8.51. The molecule has 3 nitrogen and oxygen atoms in total. The Hall–Kier alpha value is -0.570. The molecule has 3 heteroatoms. The number of carboxylic acid groups (broad SMARTS) is 1. The van der Waals surface area contributed by atoms with Gasteiger partial charge in [0.15, 0.2) is 0 Å². The van der Waals surface area contributed by atoms with E-state index in [0.29, 0.717) is 12.3 Å². The van der Waals surface area contributed by atoms with Crippen LogP contribution in [0.1, 0.15) is 39.0 Å². The van der Waals surface area contributed by atoms with Gasteiger partial charge in [-0.1, -0.05) is 13.3 Å². The van der Waals surface area contributed by atoms with Crippen molar-refractivity contribution in [3.8, 4) is 0 Å². The van der Waals surface area contributed by atoms with E-state index in [4.69, 9.17) is 5.11 Å². The first-order valence-electron chi connectivity index (χ1n) is 5.42. The van der Waals surface area contributed by atoms with Crippen molar-refractivity contribution in [3.63, 3.8) is 0 Å². The number of rotatable bonds is 8. The van der Waals surface area contributed by atoms with E-state index in [0.717, 1.165) is 25.8 Å². The molecule has 0 heterocycles. The summed E-state index contributed by atoms with van der Waals surface area (Å²) in [6.45, 7) is 3.28. The van der Waals surface area contributed by atoms with Crippen molar-refractivity contribution in [2.24, 2.45) is 5.92 Å². The number of aliphatic carboxylic acids is 1. The Labute approximate surface area is 87.1 Å². The lowest BCUT2D eigenvalue weighted by atomic mass is 9.95. The van der Waals surface area contributed by atoms with Gasteiger partial charge in [-0.25, -0.2) is 0 Å². The molecule has 1 unspecified atom stereocenters. The lowest BCUT2D eigenvalue weighted by Crippen LogP contribution is -2.16. The van der Waals surface area contributed by atoms with E-state index in [1.165, 1.54) is 6.42 Å². The zero-order chi connectivity index (χ0) is 11.0. The molecule has 0 fully saturated rings. The molecule has 0 amide bonds. The SMILES string of the molecule is CCC(CCCC(=O)O)CCN(C)C. The van der Waals surface area contributed by atoms with Crippen molar-refractivity contribution in [2.75, 3.05) is 20.6 Å². The quantitative estimate of drug-likeness (QED) is 0.654. The van der Waals surface area contributed by atoms with Gasteiger partial charge in [-0.05, 0) is 45.8 Å². The maximum atomic E-state index is 10.3. The van der Waals surface area contributed by atoms with Crippen molar-refractivity contribution in [2.45, 2.75) is 39.0 Å². The summed E-state index contributed by atoms with van der Waals surface area (Å²) in [4.78, 5) is 12.5. The Kier molecular flexibility index (Phi) is 7.48. The van der Waals surface area contributed by atoms with E-state index in [2.05, 4.69) is 25.9 Å². The second kappa shape index (κ2) is 7.80. The van der Waals surface area contributed by atoms with Gasteiger partial charge in [0.2, 0.25) is 0 Å². The summed E-state index contributed by atoms with van der Waals surface area (Å²) in [6, 6.07) is 0. The Morgan fingerprint density at radius 1 is 1.36 bits per heavy atom. The van der Waals surface area contributed by atoms with Crippen LogP contribution < -0.4 is 0 Å². The fourth-order valence-electron chi connectivity index (χ4n) is 1.54. The van der Waals surface area contributed by atoms with Crippen molar-refractivity contribution < 1.29 is 9.90 Å². The summed E-state index contributed by atoms with van der Waals surface area (Å²) in [7, 11) is 4.15. The molecule has 1 atom stereocenters. The van der Waals surface area contributed by atoms with Gasteiger partial charge in [0.25, 0.3) is 0 Å². The first kappa shape index (κ1) is 13.4. The molecule has 0 saturated carbocycles. The molecular weight excluding hydrogens is 178 g/mol. The number of nitrogens with zero attached hydrogens (tertiary/aromatic N) is 1. The minimum Gasteiger partial charge on any atom is -0.481 e. The van der Waals surface area contributed by atoms with Crippen molar-refractivity contribution in [1.29, 1.82) is 0 Å². The van der Waals surface area contributed by atoms with E-state index >= 15 is 0 Å². The fraction of sp³-hybridized carbons (Fsp3) is 0.909. The molecule has 0 aliphatic carbocycles. The van der Waals surface area contributed by atoms with Crippen molar-refractivity contribution >= 4 is 5.97 Å². The predicted molar refractivity (Wildman–Crippen MR) is 58.4 cm³/mol. The summed E-state index contributed by atoms with van der Waals surface area (Å²) < 4.78 is 0. The molecule has 0 aromatic rings. The largest absolute Gasteiger partial charge is 0.481 e. The van der Waals surface area contributed by atoms with Crippen LogP contribution in [0.5, 0.6) is 0 Å². The summed E-state index contributed by atoms with van der Waals surface area (Å²) in [6.07, 6.45) is 4.53. The molecule has 0 aromatic carbocycles. The number of hydrogen-bond donors (Lipinski definition) is 1. The highest BCUT2D eigenvalue weighted by atomic mass is 16.4. The van der Waals surface area contributed by atoms with E-state index in [9.17, 15) is 4.79 Å². The highest BCUT2D eigenvalue weighted by molar-refractivity contribution is 5.66. The molecule has 0 aromatic heterocycles. The van der Waals surface area contributed by atoms with Crippen LogP contribution in [0.25, 0.3) is 0 Å². The van der Waals surface area contributed by atoms with Crippen LogP contribution >= 0.6 is 0 Å². The van der Waals surface area contributed by atoms with Gasteiger partial charge in [-0.15, -0.1) is 0 Å². The van der Waals surface area contributed by atoms with Gasteiger partial charge in [-0.3, -0.25) is 4.79 Å². The average molecular weight is 201 g/mol. The van der Waals surface area contributed by atoms with Gasteiger partial charge in [-0.2, -0.15) is 0 Å². The third-order valence-corrected chi connectivity index (χ3v) is 2.56. The molecule has 84 valence electrons. The lowest BCUT2D eigenvalue weighted by molar-refractivity contribution is -0.137. The third-order valence-electron chi connectivity index (χ3n) is 2.56. The Morgan fingerprint density at radius 2 is 2.00 bits per heavy atom. The standard InChI is InChI=1S/C11H23NO2/c1-4-10(8-9-12(2)3)6-5-7-11(13)14/h10H,4-9H2,1-3H3,(H,13,14). The Bertz CT molecular complexity index is 157. The van der Waals surface area contributed by atoms with E-state index in [1.54, 1.807) is 0 Å². The maximum Gasteiger partial charge on any atom is 0.303 e. The molecule has 1 N–H and O–H groups in total. The molecule has 14 heavy (non-hydrogen) atoms. The smallest absolute Gasteiger partial charge is 0.303 e. The summed E-state index contributed by atoms with van der Waals surface area (Å²) in [5.74, 6) is 0.0178. The maximum absolute atomic E-state index is 10.3. The van der Waals surface area contributed by atoms with Gasteiger partial charge >= 0.3 is 5.97 Å². The van der Waals surface area contributed by atoms with Gasteiger partial charge in [0, 0.05) is 6.42 Å². The molecule has 0 radical (unpaired) electrons. The Morgan fingerprint density at radius 3 is 2.43 bits per heavy atom. The second-order valence-electron chi connectivity index (χ2n) is 4.15. The van der Waals surface area contributed by atoms with Gasteiger partial charge in [0.1, 0.15) is 0 Å². The normalized spacial score (nSPS) is 13.1. The minimum absolute atomic E-state index is 0.318. The fourth-order valence-corrected chi connectivity index (χ4v) is 1.54. The Balaban J connectivity index is 3.52. The predicted octanol–water partition coefficient (Wildman–Crippen LogP) is 2.22. The zero-order valence-electron chi connectivity index (χ0n) is 9.62. The second-order valence-corrected chi connectivity index (χ2v) is 4.15. The molecule has 0 aliphatic rings. The van der Waals surface area contributed by atoms with Crippen LogP contribution in [-0.2, 0) is 4.79 Å². The topological polar surface area (TPSA) is 40.5 Å². The summed E-state index contributed by atoms with van der Waals surface area (Å²) in [5.41, 5.74) is 0. The monoisotopic (exact) mass is 201 g/mol. The van der Waals surface area contributed by atoms with E-state index < -0.39 is 5.97 Å². The first-order chi connectivity index (χ1) is 6.56. The van der Waals surface area contributed by atoms with E-state index in [1.807, 2.05) is 0 Å². The lowest BCUT2D eigenvalue weighted by Gasteiger charge is -2.17. The highest BCUT2D eigenvalue weighted by Crippen LogP contribution is 2.16. The van der Waals surface area contributed by atoms with Crippen LogP contribution in [0.15, 0.2) is 0 Å². The highest BCUT2D eigenvalue weighted by Gasteiger charge is 2.07. The minimum atomic E-state index is -0.674. The van der Waals surface area contributed by atoms with Crippen molar-refractivity contribution in [3.05, 3.63) is 0 Å². The molecule has 0 saturated heterocycles. The van der Waals surface area contributed by atoms with E-state index in [-0.39, 0.29) is 0 Å². The summed E-state index contributed by atoms with van der Waals surface area (Å²) >= 11 is 0. The van der Waals surface area contributed by atoms with Crippen LogP contribution in [-0.4, -0.2) is 36.6 Å². The van der Waals surface area contributed by atoms with Crippen LogP contribution in [0.4, 0.5) is 0 Å². The van der Waals surface area contributed by atoms with Crippen molar-refractivity contribution in [1.82, 2.24) is 4.90 Å². The van der Waals surface area contributed by atoms with Crippen LogP contribution in [0.2, 0.25) is 0 Å². The molecule has 0 bridgehead atoms. The average Bonchev–Trinajstić information content (AvgIpc) is 2.10.